The number of amides is 2. The smallest absolute Gasteiger partial charge is 0.319 e. The maximum atomic E-state index is 12.6. The van der Waals surface area contributed by atoms with Gasteiger partial charge in [0.2, 0.25) is 0 Å². The minimum atomic E-state index is -0.0350. The van der Waals surface area contributed by atoms with Gasteiger partial charge < -0.3 is 10.6 Å². The Morgan fingerprint density at radius 1 is 0.875 bits per heavy atom. The van der Waals surface area contributed by atoms with E-state index in [4.69, 9.17) is 0 Å². The van der Waals surface area contributed by atoms with Crippen LogP contribution in [0.25, 0.3) is 10.8 Å². The average Bonchev–Trinajstić information content (AvgIpc) is 2.52. The second-order valence-electron chi connectivity index (χ2n) is 8.34. The number of fused-ring (bicyclic) bond motifs is 1. The molecule has 124 valence electrons. The van der Waals surface area contributed by atoms with Crippen LogP contribution in [0.4, 0.5) is 10.5 Å². The fraction of sp³-hybridized carbons (Fsp3) is 0.476. The van der Waals surface area contributed by atoms with Gasteiger partial charge in [0, 0.05) is 11.2 Å². The number of nitrogens with one attached hydrogen (secondary N) is 2. The van der Waals surface area contributed by atoms with E-state index >= 15 is 0 Å². The minimum Gasteiger partial charge on any atom is -0.332 e. The van der Waals surface area contributed by atoms with E-state index in [0.717, 1.165) is 28.8 Å². The summed E-state index contributed by atoms with van der Waals surface area (Å²) >= 11 is 0. The van der Waals surface area contributed by atoms with Crippen LogP contribution in [0.5, 0.6) is 0 Å². The van der Waals surface area contributed by atoms with Crippen molar-refractivity contribution < 1.29 is 4.79 Å². The van der Waals surface area contributed by atoms with Crippen molar-refractivity contribution in [1.29, 1.82) is 0 Å². The molecule has 0 spiro atoms. The lowest BCUT2D eigenvalue weighted by Crippen LogP contribution is -2.60. The van der Waals surface area contributed by atoms with E-state index in [2.05, 4.69) is 34.9 Å². The molecule has 24 heavy (non-hydrogen) atoms. The fourth-order valence-corrected chi connectivity index (χ4v) is 5.93. The second-order valence-corrected chi connectivity index (χ2v) is 8.34. The molecule has 4 bridgehead atoms. The molecule has 3 heteroatoms. The van der Waals surface area contributed by atoms with E-state index in [1.54, 1.807) is 0 Å². The number of carbonyl (C=O) groups excluding carboxylic acids is 1. The van der Waals surface area contributed by atoms with Gasteiger partial charge in [0.1, 0.15) is 0 Å². The molecule has 6 rings (SSSR count). The summed E-state index contributed by atoms with van der Waals surface area (Å²) in [5.41, 5.74) is 0.936. The molecule has 4 aliphatic carbocycles. The van der Waals surface area contributed by atoms with Crippen LogP contribution in [0, 0.1) is 17.8 Å². The number of carbonyl (C=O) groups is 1. The van der Waals surface area contributed by atoms with E-state index in [0.29, 0.717) is 0 Å². The highest BCUT2D eigenvalue weighted by atomic mass is 16.2. The molecule has 2 aromatic rings. The molecule has 4 fully saturated rings. The van der Waals surface area contributed by atoms with Crippen LogP contribution in [0.1, 0.15) is 38.5 Å². The molecule has 2 amide bonds. The molecular formula is C21H24N2O. The highest BCUT2D eigenvalue weighted by Gasteiger charge is 2.51. The van der Waals surface area contributed by atoms with Crippen molar-refractivity contribution in [2.45, 2.75) is 44.1 Å². The first-order valence-electron chi connectivity index (χ1n) is 9.25. The molecule has 3 nitrogen and oxygen atoms in total. The third kappa shape index (κ3) is 2.47. The van der Waals surface area contributed by atoms with Crippen LogP contribution >= 0.6 is 0 Å². The van der Waals surface area contributed by atoms with Crippen LogP contribution in [-0.2, 0) is 0 Å². The standard InChI is InChI=1S/C21H24N2O/c24-20(22-19-6-5-17-3-1-2-4-18(17)10-19)23-21-11-14-7-15(12-21)9-16(8-14)13-21/h1-6,10,14-16H,7-9,11-13H2,(H2,22,23,24). The first-order valence-corrected chi connectivity index (χ1v) is 9.25. The van der Waals surface area contributed by atoms with Gasteiger partial charge >= 0.3 is 6.03 Å². The van der Waals surface area contributed by atoms with Crippen molar-refractivity contribution in [1.82, 2.24) is 5.32 Å². The first-order chi connectivity index (χ1) is 11.7. The monoisotopic (exact) mass is 320 g/mol. The fourth-order valence-electron chi connectivity index (χ4n) is 5.93. The first kappa shape index (κ1) is 14.3. The molecule has 0 radical (unpaired) electrons. The molecule has 0 aliphatic heterocycles. The summed E-state index contributed by atoms with van der Waals surface area (Å²) in [4.78, 5) is 12.6. The van der Waals surface area contributed by atoms with Gasteiger partial charge in [0.15, 0.2) is 0 Å². The Hall–Kier alpha value is -2.03. The van der Waals surface area contributed by atoms with Gasteiger partial charge in [-0.3, -0.25) is 0 Å². The third-order valence-corrected chi connectivity index (χ3v) is 6.42. The average molecular weight is 320 g/mol. The number of urea groups is 1. The maximum Gasteiger partial charge on any atom is 0.319 e. The van der Waals surface area contributed by atoms with Gasteiger partial charge in [-0.2, -0.15) is 0 Å². The molecular weight excluding hydrogens is 296 g/mol. The summed E-state index contributed by atoms with van der Waals surface area (Å²) in [5.74, 6) is 2.53. The highest BCUT2D eigenvalue weighted by molar-refractivity contribution is 5.93. The normalized spacial score (nSPS) is 33.6. The number of rotatable bonds is 2. The van der Waals surface area contributed by atoms with Crippen LogP contribution in [0.15, 0.2) is 42.5 Å². The lowest BCUT2D eigenvalue weighted by atomic mass is 9.53. The third-order valence-electron chi connectivity index (χ3n) is 6.42. The number of anilines is 1. The van der Waals surface area contributed by atoms with E-state index in [1.165, 1.54) is 43.9 Å². The van der Waals surface area contributed by atoms with E-state index < -0.39 is 0 Å². The van der Waals surface area contributed by atoms with Gasteiger partial charge in [-0.1, -0.05) is 30.3 Å². The summed E-state index contributed by atoms with van der Waals surface area (Å²) in [7, 11) is 0. The predicted molar refractivity (Wildman–Crippen MR) is 97.0 cm³/mol. The van der Waals surface area contributed by atoms with Crippen LogP contribution in [0.2, 0.25) is 0 Å². The lowest BCUT2D eigenvalue weighted by Gasteiger charge is -2.56. The van der Waals surface area contributed by atoms with E-state index in [9.17, 15) is 4.79 Å². The molecule has 0 heterocycles. The molecule has 0 unspecified atom stereocenters. The van der Waals surface area contributed by atoms with Crippen molar-refractivity contribution >= 4 is 22.5 Å². The molecule has 0 aromatic heterocycles. The maximum absolute atomic E-state index is 12.6. The largest absolute Gasteiger partial charge is 0.332 e. The van der Waals surface area contributed by atoms with E-state index in [-0.39, 0.29) is 11.6 Å². The predicted octanol–water partition coefficient (Wildman–Crippen LogP) is 4.93. The zero-order chi connectivity index (χ0) is 16.1. The Morgan fingerprint density at radius 3 is 2.17 bits per heavy atom. The number of hydrogen-bond acceptors (Lipinski definition) is 1. The van der Waals surface area contributed by atoms with Crippen molar-refractivity contribution in [3.63, 3.8) is 0 Å². The van der Waals surface area contributed by atoms with Crippen molar-refractivity contribution in [2.75, 3.05) is 5.32 Å². The molecule has 4 aliphatic rings. The molecule has 0 saturated heterocycles. The summed E-state index contributed by atoms with van der Waals surface area (Å²) in [5, 5.41) is 8.79. The summed E-state index contributed by atoms with van der Waals surface area (Å²) in [6.45, 7) is 0. The van der Waals surface area contributed by atoms with Gasteiger partial charge in [0.05, 0.1) is 0 Å². The summed E-state index contributed by atoms with van der Waals surface area (Å²) in [6, 6.07) is 14.3. The Morgan fingerprint density at radius 2 is 1.50 bits per heavy atom. The van der Waals surface area contributed by atoms with Gasteiger partial charge in [-0.25, -0.2) is 4.79 Å². The van der Waals surface area contributed by atoms with Crippen molar-refractivity contribution in [3.8, 4) is 0 Å². The highest BCUT2D eigenvalue weighted by Crippen LogP contribution is 2.55. The quantitative estimate of drug-likeness (QED) is 0.809. The van der Waals surface area contributed by atoms with Crippen LogP contribution in [0.3, 0.4) is 0 Å². The summed E-state index contributed by atoms with van der Waals surface area (Å²) in [6.07, 6.45) is 7.74. The van der Waals surface area contributed by atoms with Gasteiger partial charge in [0.25, 0.3) is 0 Å². The zero-order valence-electron chi connectivity index (χ0n) is 13.9. The van der Waals surface area contributed by atoms with E-state index in [1.807, 2.05) is 18.2 Å². The molecule has 2 aromatic carbocycles. The van der Waals surface area contributed by atoms with Crippen LogP contribution in [-0.4, -0.2) is 11.6 Å². The van der Waals surface area contributed by atoms with Crippen molar-refractivity contribution in [3.05, 3.63) is 42.5 Å². The second kappa shape index (κ2) is 5.23. The minimum absolute atomic E-state index is 0.0350. The lowest BCUT2D eigenvalue weighted by molar-refractivity contribution is -0.0127. The SMILES string of the molecule is O=C(Nc1ccc2ccccc2c1)NC12CC3CC(CC(C3)C1)C2. The van der Waals surface area contributed by atoms with Crippen molar-refractivity contribution in [2.24, 2.45) is 17.8 Å². The topological polar surface area (TPSA) is 41.1 Å². The molecule has 0 atom stereocenters. The van der Waals surface area contributed by atoms with Gasteiger partial charge in [-0.15, -0.1) is 0 Å². The van der Waals surface area contributed by atoms with Crippen LogP contribution < -0.4 is 10.6 Å². The Bertz CT molecular complexity index is 762. The Balaban J connectivity index is 1.32. The summed E-state index contributed by atoms with van der Waals surface area (Å²) < 4.78 is 0. The molecule has 2 N–H and O–H groups in total. The number of benzene rings is 2. The zero-order valence-corrected chi connectivity index (χ0v) is 13.9. The van der Waals surface area contributed by atoms with Gasteiger partial charge in [-0.05, 0) is 79.2 Å². The Labute approximate surface area is 142 Å². The molecule has 4 saturated carbocycles. The number of hydrogen-bond donors (Lipinski definition) is 2. The Kier molecular flexibility index (Phi) is 3.12.